The number of hydrogen-bond acceptors (Lipinski definition) is 8. The van der Waals surface area contributed by atoms with Crippen molar-refractivity contribution in [2.24, 2.45) is 0 Å². The summed E-state index contributed by atoms with van der Waals surface area (Å²) in [7, 11) is 0. The average molecular weight is 548 g/mol. The number of pyridine rings is 1. The molecule has 1 amide bonds. The zero-order valence-electron chi connectivity index (χ0n) is 22.3. The van der Waals surface area contributed by atoms with Crippen LogP contribution in [0.4, 0.5) is 5.82 Å². The molecule has 6 heterocycles. The molecule has 2 atom stereocenters. The van der Waals surface area contributed by atoms with Crippen LogP contribution in [0.5, 0.6) is 0 Å². The molecule has 206 valence electrons. The quantitative estimate of drug-likeness (QED) is 0.301. The Kier molecular flexibility index (Phi) is 5.27. The number of rotatable bonds is 5. The molecule has 0 spiro atoms. The van der Waals surface area contributed by atoms with E-state index in [1.165, 1.54) is 6.33 Å². The van der Waals surface area contributed by atoms with Crippen molar-refractivity contribution in [2.75, 3.05) is 5.73 Å². The standard InChI is InChI=1S/C30H29N9O2/c31-26-24(30(41)10-11-30)25(19-12-20-7-8-21(13-19)38(20)29(40)27-33-16-34-37-27)36-28-22(15-35-39(26)28)18-6-9-23(32-14-18)17-4-2-1-3-5-17/h1-6,9,14-16,19-21,41H,7-8,10-13,31H2,(H,33,34,37)/t20-,21-/m1/s1. The summed E-state index contributed by atoms with van der Waals surface area (Å²) in [6.45, 7) is 0. The molecule has 5 aromatic rings. The number of nitrogen functional groups attached to an aromatic ring is 1. The first-order valence-corrected chi connectivity index (χ1v) is 14.1. The minimum absolute atomic E-state index is 0.0551. The van der Waals surface area contributed by atoms with Crippen LogP contribution in [0.3, 0.4) is 0 Å². The minimum Gasteiger partial charge on any atom is -0.385 e. The van der Waals surface area contributed by atoms with Gasteiger partial charge in [-0.15, -0.1) is 0 Å². The molecule has 11 heteroatoms. The first-order valence-electron chi connectivity index (χ1n) is 14.1. The summed E-state index contributed by atoms with van der Waals surface area (Å²) in [4.78, 5) is 29.2. The van der Waals surface area contributed by atoms with Crippen molar-refractivity contribution >= 4 is 17.4 Å². The van der Waals surface area contributed by atoms with E-state index in [1.54, 1.807) is 10.7 Å². The summed E-state index contributed by atoms with van der Waals surface area (Å²) in [5.74, 6) is 0.645. The molecule has 4 N–H and O–H groups in total. The number of carbonyl (C=O) groups is 1. The first kappa shape index (κ1) is 24.2. The molecule has 1 aromatic carbocycles. The fourth-order valence-electron chi connectivity index (χ4n) is 6.87. The summed E-state index contributed by atoms with van der Waals surface area (Å²) in [5.41, 5.74) is 11.6. The number of nitrogens with one attached hydrogen (secondary N) is 1. The third-order valence-electron chi connectivity index (χ3n) is 9.02. The molecule has 4 aromatic heterocycles. The Morgan fingerprint density at radius 3 is 2.44 bits per heavy atom. The van der Waals surface area contributed by atoms with Crippen molar-refractivity contribution < 1.29 is 9.90 Å². The molecule has 11 nitrogen and oxygen atoms in total. The number of aromatic nitrogens is 7. The van der Waals surface area contributed by atoms with Crippen LogP contribution in [0, 0.1) is 0 Å². The number of nitrogens with two attached hydrogens (primary N) is 1. The lowest BCUT2D eigenvalue weighted by Crippen LogP contribution is -2.46. The van der Waals surface area contributed by atoms with Gasteiger partial charge >= 0.3 is 0 Å². The van der Waals surface area contributed by atoms with E-state index in [4.69, 9.17) is 15.7 Å². The number of benzene rings is 1. The molecule has 3 fully saturated rings. The average Bonchev–Trinajstić information content (AvgIpc) is 3.35. The lowest BCUT2D eigenvalue weighted by Gasteiger charge is -2.39. The predicted octanol–water partition coefficient (Wildman–Crippen LogP) is 3.69. The van der Waals surface area contributed by atoms with Gasteiger partial charge in [0.15, 0.2) is 5.65 Å². The summed E-state index contributed by atoms with van der Waals surface area (Å²) in [5, 5.41) is 22.5. The van der Waals surface area contributed by atoms with Crippen LogP contribution in [-0.4, -0.2) is 62.8 Å². The maximum atomic E-state index is 13.2. The Hall–Kier alpha value is -4.64. The van der Waals surface area contributed by atoms with Crippen molar-refractivity contribution in [1.82, 2.24) is 39.7 Å². The molecule has 0 radical (unpaired) electrons. The van der Waals surface area contributed by atoms with Crippen LogP contribution in [0.25, 0.3) is 28.0 Å². The van der Waals surface area contributed by atoms with Gasteiger partial charge in [0.05, 0.1) is 23.2 Å². The lowest BCUT2D eigenvalue weighted by molar-refractivity contribution is 0.0554. The first-order chi connectivity index (χ1) is 20.0. The highest BCUT2D eigenvalue weighted by Crippen LogP contribution is 2.53. The summed E-state index contributed by atoms with van der Waals surface area (Å²) in [6.07, 6.45) is 9.61. The van der Waals surface area contributed by atoms with E-state index in [9.17, 15) is 9.90 Å². The molecular weight excluding hydrogens is 518 g/mol. The lowest BCUT2D eigenvalue weighted by atomic mass is 9.84. The van der Waals surface area contributed by atoms with Crippen LogP contribution in [0.2, 0.25) is 0 Å². The van der Waals surface area contributed by atoms with Crippen LogP contribution in [0.15, 0.2) is 61.2 Å². The second-order valence-corrected chi connectivity index (χ2v) is 11.5. The number of aromatic amines is 1. The van der Waals surface area contributed by atoms with Gasteiger partial charge in [-0.3, -0.25) is 14.9 Å². The Bertz CT molecular complexity index is 1750. The van der Waals surface area contributed by atoms with E-state index in [0.29, 0.717) is 29.9 Å². The molecule has 1 aliphatic carbocycles. The molecule has 41 heavy (non-hydrogen) atoms. The van der Waals surface area contributed by atoms with Crippen molar-refractivity contribution in [3.8, 4) is 22.4 Å². The molecule has 0 unspecified atom stereocenters. The molecule has 2 saturated heterocycles. The number of H-pyrrole nitrogens is 1. The number of nitrogens with zero attached hydrogens (tertiary/aromatic N) is 7. The number of fused-ring (bicyclic) bond motifs is 3. The van der Waals surface area contributed by atoms with Gasteiger partial charge in [0.2, 0.25) is 5.82 Å². The van der Waals surface area contributed by atoms with Gasteiger partial charge < -0.3 is 15.7 Å². The Morgan fingerprint density at radius 1 is 1.00 bits per heavy atom. The maximum Gasteiger partial charge on any atom is 0.291 e. The van der Waals surface area contributed by atoms with Crippen molar-refractivity contribution in [1.29, 1.82) is 0 Å². The number of carbonyl (C=O) groups excluding carboxylic acids is 1. The number of hydrogen-bond donors (Lipinski definition) is 3. The molecule has 1 saturated carbocycles. The zero-order chi connectivity index (χ0) is 27.7. The fourth-order valence-corrected chi connectivity index (χ4v) is 6.87. The SMILES string of the molecule is Nc1c(C2(O)CC2)c(C2C[C@H]3CC[C@H](C2)N3C(=O)c2ncn[nH]2)nc2c(-c3ccc(-c4ccccc4)nc3)cnn12. The Labute approximate surface area is 235 Å². The normalized spacial score (nSPS) is 22.8. The summed E-state index contributed by atoms with van der Waals surface area (Å²) < 4.78 is 1.65. The largest absolute Gasteiger partial charge is 0.385 e. The van der Waals surface area contributed by atoms with Crippen LogP contribution >= 0.6 is 0 Å². The van der Waals surface area contributed by atoms with Gasteiger partial charge in [-0.25, -0.2) is 9.97 Å². The van der Waals surface area contributed by atoms with E-state index in [0.717, 1.165) is 53.8 Å². The third-order valence-corrected chi connectivity index (χ3v) is 9.02. The maximum absolute atomic E-state index is 13.2. The molecule has 2 aliphatic heterocycles. The molecule has 3 aliphatic rings. The number of aliphatic hydroxyl groups is 1. The van der Waals surface area contributed by atoms with E-state index >= 15 is 0 Å². The third kappa shape index (κ3) is 3.83. The van der Waals surface area contributed by atoms with Crippen LogP contribution in [-0.2, 0) is 5.60 Å². The zero-order valence-corrected chi connectivity index (χ0v) is 22.3. The van der Waals surface area contributed by atoms with Gasteiger partial charge in [-0.1, -0.05) is 36.4 Å². The second kappa shape index (κ2) is 8.93. The van der Waals surface area contributed by atoms with Gasteiger partial charge in [0, 0.05) is 46.5 Å². The Morgan fingerprint density at radius 2 is 1.78 bits per heavy atom. The highest BCUT2D eigenvalue weighted by Gasteiger charge is 2.50. The summed E-state index contributed by atoms with van der Waals surface area (Å²) >= 11 is 0. The van der Waals surface area contributed by atoms with E-state index in [-0.39, 0.29) is 29.7 Å². The highest BCUT2D eigenvalue weighted by molar-refractivity contribution is 5.91. The predicted molar refractivity (Wildman–Crippen MR) is 151 cm³/mol. The molecular formula is C30H29N9O2. The Balaban J connectivity index is 1.18. The second-order valence-electron chi connectivity index (χ2n) is 11.5. The molecule has 8 rings (SSSR count). The van der Waals surface area contributed by atoms with Crippen molar-refractivity contribution in [3.63, 3.8) is 0 Å². The minimum atomic E-state index is -0.989. The van der Waals surface area contributed by atoms with Crippen molar-refractivity contribution in [3.05, 3.63) is 78.3 Å². The number of amides is 1. The number of piperidine rings is 1. The number of anilines is 1. The van der Waals surface area contributed by atoms with E-state index in [1.807, 2.05) is 53.6 Å². The van der Waals surface area contributed by atoms with Crippen LogP contribution in [0.1, 0.15) is 66.3 Å². The highest BCUT2D eigenvalue weighted by atomic mass is 16.3. The topological polar surface area (TPSA) is 151 Å². The monoisotopic (exact) mass is 547 g/mol. The van der Waals surface area contributed by atoms with Gasteiger partial charge in [0.1, 0.15) is 12.1 Å². The smallest absolute Gasteiger partial charge is 0.291 e. The van der Waals surface area contributed by atoms with Gasteiger partial charge in [0.25, 0.3) is 5.91 Å². The van der Waals surface area contributed by atoms with E-state index < -0.39 is 5.60 Å². The molecule has 2 bridgehead atoms. The fraction of sp³-hybridized carbons (Fsp3) is 0.333. The van der Waals surface area contributed by atoms with Gasteiger partial charge in [-0.2, -0.15) is 14.7 Å². The summed E-state index contributed by atoms with van der Waals surface area (Å²) in [6, 6.07) is 14.2. The van der Waals surface area contributed by atoms with Gasteiger partial charge in [-0.05, 0) is 44.6 Å². The van der Waals surface area contributed by atoms with Crippen LogP contribution < -0.4 is 5.73 Å². The van der Waals surface area contributed by atoms with Crippen molar-refractivity contribution in [2.45, 2.75) is 62.1 Å². The van der Waals surface area contributed by atoms with E-state index in [2.05, 4.69) is 20.3 Å².